The van der Waals surface area contributed by atoms with E-state index in [1.54, 1.807) is 6.07 Å². The number of nitro groups is 1. The summed E-state index contributed by atoms with van der Waals surface area (Å²) in [7, 11) is 0. The molecule has 1 fully saturated rings. The van der Waals surface area contributed by atoms with Crippen LogP contribution in [0.1, 0.15) is 18.6 Å². The molecule has 0 radical (unpaired) electrons. The van der Waals surface area contributed by atoms with Crippen molar-refractivity contribution in [3.63, 3.8) is 0 Å². The van der Waals surface area contributed by atoms with Crippen LogP contribution in [0.25, 0.3) is 0 Å². The first-order valence-corrected chi connectivity index (χ1v) is 5.25. The van der Waals surface area contributed by atoms with Crippen molar-refractivity contribution in [2.24, 2.45) is 0 Å². The number of hydrogen-bond acceptors (Lipinski definition) is 5. The van der Waals surface area contributed by atoms with Crippen LogP contribution in [0.4, 0.5) is 5.88 Å². The van der Waals surface area contributed by atoms with Gasteiger partial charge >= 0.3 is 5.88 Å². The third-order valence-electron chi connectivity index (χ3n) is 2.86. The predicted octanol–water partition coefficient (Wildman–Crippen LogP) is 0.845. The summed E-state index contributed by atoms with van der Waals surface area (Å²) in [5.74, 6) is 0.198. The van der Waals surface area contributed by atoms with Crippen molar-refractivity contribution in [3.8, 4) is 0 Å². The molecule has 1 aliphatic heterocycles. The van der Waals surface area contributed by atoms with Crippen molar-refractivity contribution >= 4 is 5.88 Å². The summed E-state index contributed by atoms with van der Waals surface area (Å²) < 4.78 is 5.03. The van der Waals surface area contributed by atoms with Gasteiger partial charge in [-0.1, -0.05) is 0 Å². The van der Waals surface area contributed by atoms with Crippen LogP contribution in [-0.4, -0.2) is 28.7 Å². The Balaban J connectivity index is 2.04. The molecule has 6 nitrogen and oxygen atoms in total. The number of hydrogen-bond donors (Lipinski definition) is 2. The van der Waals surface area contributed by atoms with Crippen LogP contribution in [0.2, 0.25) is 0 Å². The molecule has 0 amide bonds. The third-order valence-corrected chi connectivity index (χ3v) is 2.86. The van der Waals surface area contributed by atoms with Gasteiger partial charge in [0.2, 0.25) is 0 Å². The molecule has 0 saturated carbocycles. The normalized spacial score (nSPS) is 19.6. The van der Waals surface area contributed by atoms with Gasteiger partial charge in [-0.2, -0.15) is 0 Å². The molecule has 1 aliphatic rings. The van der Waals surface area contributed by atoms with Crippen molar-refractivity contribution in [2.45, 2.75) is 24.9 Å². The van der Waals surface area contributed by atoms with Gasteiger partial charge in [0.05, 0.1) is 11.7 Å². The van der Waals surface area contributed by atoms with Gasteiger partial charge in [0.25, 0.3) is 0 Å². The Hall–Kier alpha value is -1.40. The molecule has 2 rings (SSSR count). The van der Waals surface area contributed by atoms with Crippen molar-refractivity contribution in [3.05, 3.63) is 28.0 Å². The largest absolute Gasteiger partial charge is 0.433 e. The van der Waals surface area contributed by atoms with Crippen LogP contribution < -0.4 is 5.32 Å². The molecule has 0 unspecified atom stereocenters. The molecule has 1 aromatic heterocycles. The monoisotopic (exact) mass is 226 g/mol. The van der Waals surface area contributed by atoms with Gasteiger partial charge in [-0.05, 0) is 32.0 Å². The first-order chi connectivity index (χ1) is 7.59. The van der Waals surface area contributed by atoms with Crippen LogP contribution in [0.3, 0.4) is 0 Å². The van der Waals surface area contributed by atoms with Crippen LogP contribution in [-0.2, 0) is 6.42 Å². The lowest BCUT2D eigenvalue weighted by atomic mass is 9.88. The predicted molar refractivity (Wildman–Crippen MR) is 56.1 cm³/mol. The van der Waals surface area contributed by atoms with E-state index in [0.717, 1.165) is 13.1 Å². The molecule has 16 heavy (non-hydrogen) atoms. The maximum atomic E-state index is 10.4. The second-order valence-corrected chi connectivity index (χ2v) is 4.15. The highest BCUT2D eigenvalue weighted by molar-refractivity contribution is 5.19. The van der Waals surface area contributed by atoms with Crippen molar-refractivity contribution in [1.82, 2.24) is 5.32 Å². The van der Waals surface area contributed by atoms with Gasteiger partial charge in [-0.15, -0.1) is 0 Å². The lowest BCUT2D eigenvalue weighted by Gasteiger charge is -2.31. The summed E-state index contributed by atoms with van der Waals surface area (Å²) >= 11 is 0. The molecule has 2 heterocycles. The minimum absolute atomic E-state index is 0.271. The quantitative estimate of drug-likeness (QED) is 0.589. The molecule has 2 N–H and O–H groups in total. The molecule has 0 bridgehead atoms. The minimum atomic E-state index is -0.795. The second-order valence-electron chi connectivity index (χ2n) is 4.15. The van der Waals surface area contributed by atoms with E-state index < -0.39 is 10.5 Å². The fraction of sp³-hybridized carbons (Fsp3) is 0.600. The van der Waals surface area contributed by atoms with Crippen molar-refractivity contribution in [1.29, 1.82) is 0 Å². The Morgan fingerprint density at radius 2 is 2.19 bits per heavy atom. The van der Waals surface area contributed by atoms with Crippen LogP contribution in [0.15, 0.2) is 16.5 Å². The first-order valence-electron chi connectivity index (χ1n) is 5.25. The smallest absolute Gasteiger partial charge is 0.406 e. The molecule has 88 valence electrons. The van der Waals surface area contributed by atoms with Crippen LogP contribution in [0.5, 0.6) is 0 Å². The topological polar surface area (TPSA) is 88.5 Å². The van der Waals surface area contributed by atoms with Gasteiger partial charge in [-0.3, -0.25) is 10.1 Å². The van der Waals surface area contributed by atoms with E-state index in [4.69, 9.17) is 4.42 Å². The number of furan rings is 1. The van der Waals surface area contributed by atoms with E-state index in [1.165, 1.54) is 6.07 Å². The fourth-order valence-corrected chi connectivity index (χ4v) is 1.95. The molecule has 1 aromatic rings. The third kappa shape index (κ3) is 2.40. The molecular weight excluding hydrogens is 212 g/mol. The van der Waals surface area contributed by atoms with E-state index >= 15 is 0 Å². The van der Waals surface area contributed by atoms with Crippen molar-refractivity contribution < 1.29 is 14.4 Å². The zero-order valence-electron chi connectivity index (χ0n) is 8.81. The first kappa shape index (κ1) is 11.1. The Morgan fingerprint density at radius 3 is 2.75 bits per heavy atom. The maximum Gasteiger partial charge on any atom is 0.433 e. The van der Waals surface area contributed by atoms with E-state index in [-0.39, 0.29) is 5.88 Å². The summed E-state index contributed by atoms with van der Waals surface area (Å²) in [6.45, 7) is 1.53. The Bertz CT molecular complexity index is 382. The minimum Gasteiger partial charge on any atom is -0.406 e. The van der Waals surface area contributed by atoms with E-state index in [0.29, 0.717) is 25.0 Å². The lowest BCUT2D eigenvalue weighted by molar-refractivity contribution is -0.402. The lowest BCUT2D eigenvalue weighted by Crippen LogP contribution is -2.43. The highest BCUT2D eigenvalue weighted by Gasteiger charge is 2.31. The number of nitrogens with one attached hydrogen (secondary N) is 1. The molecule has 0 aliphatic carbocycles. The molecular formula is C10H14N2O4. The zero-order valence-corrected chi connectivity index (χ0v) is 8.81. The molecule has 0 atom stereocenters. The SMILES string of the molecule is O=[N+]([O-])c1ccc(CC2(O)CCNCC2)o1. The van der Waals surface area contributed by atoms with E-state index in [2.05, 4.69) is 5.32 Å². The summed E-state index contributed by atoms with van der Waals surface area (Å²) in [6.07, 6.45) is 1.62. The van der Waals surface area contributed by atoms with Crippen LogP contribution in [0, 0.1) is 10.1 Å². The van der Waals surface area contributed by atoms with Gasteiger partial charge in [0.15, 0.2) is 0 Å². The molecule has 1 saturated heterocycles. The van der Waals surface area contributed by atoms with Gasteiger partial charge < -0.3 is 14.8 Å². The fourth-order valence-electron chi connectivity index (χ4n) is 1.95. The van der Waals surface area contributed by atoms with E-state index in [9.17, 15) is 15.2 Å². The summed E-state index contributed by atoms with van der Waals surface area (Å²) in [5.41, 5.74) is -0.795. The number of piperidine rings is 1. The number of rotatable bonds is 3. The maximum absolute atomic E-state index is 10.4. The van der Waals surface area contributed by atoms with Gasteiger partial charge in [-0.25, -0.2) is 0 Å². The summed E-state index contributed by atoms with van der Waals surface area (Å²) in [6, 6.07) is 2.87. The second kappa shape index (κ2) is 4.23. The average molecular weight is 226 g/mol. The number of aliphatic hydroxyl groups is 1. The van der Waals surface area contributed by atoms with Crippen molar-refractivity contribution in [2.75, 3.05) is 13.1 Å². The summed E-state index contributed by atoms with van der Waals surface area (Å²) in [4.78, 5) is 9.85. The average Bonchev–Trinajstić information content (AvgIpc) is 2.66. The molecule has 0 spiro atoms. The summed E-state index contributed by atoms with van der Waals surface area (Å²) in [5, 5.41) is 23.8. The zero-order chi connectivity index (χ0) is 11.6. The molecule has 6 heteroatoms. The van der Waals surface area contributed by atoms with Gasteiger partial charge in [0, 0.05) is 6.42 Å². The van der Waals surface area contributed by atoms with Gasteiger partial charge in [0.1, 0.15) is 10.7 Å². The number of nitrogens with zero attached hydrogens (tertiary/aromatic N) is 1. The standard InChI is InChI=1S/C10H14N2O4/c13-10(3-5-11-6-4-10)7-8-1-2-9(16-8)12(14)15/h1-2,11,13H,3-7H2. The highest BCUT2D eigenvalue weighted by Crippen LogP contribution is 2.26. The van der Waals surface area contributed by atoms with Crippen LogP contribution >= 0.6 is 0 Å². The molecule has 0 aromatic carbocycles. The Morgan fingerprint density at radius 1 is 1.50 bits per heavy atom. The Labute approximate surface area is 92.4 Å². The highest BCUT2D eigenvalue weighted by atomic mass is 16.6. The Kier molecular flexibility index (Phi) is 2.93. The van der Waals surface area contributed by atoms with E-state index in [1.807, 2.05) is 0 Å².